The van der Waals surface area contributed by atoms with Gasteiger partial charge >= 0.3 is 0 Å². The molecule has 1 aliphatic rings. The van der Waals surface area contributed by atoms with Crippen LogP contribution in [0.15, 0.2) is 18.5 Å². The van der Waals surface area contributed by atoms with E-state index in [1.807, 2.05) is 6.20 Å². The summed E-state index contributed by atoms with van der Waals surface area (Å²) >= 11 is 0. The summed E-state index contributed by atoms with van der Waals surface area (Å²) in [6.45, 7) is 8.26. The summed E-state index contributed by atoms with van der Waals surface area (Å²) in [5, 5.41) is 3.38. The van der Waals surface area contributed by atoms with Crippen molar-refractivity contribution in [3.8, 4) is 0 Å². The van der Waals surface area contributed by atoms with E-state index in [-0.39, 0.29) is 0 Å². The number of nitrogens with one attached hydrogen (secondary N) is 2. The quantitative estimate of drug-likeness (QED) is 0.782. The molecule has 0 spiro atoms. The molecule has 1 aromatic heterocycles. The molecule has 0 amide bonds. The van der Waals surface area contributed by atoms with Crippen molar-refractivity contribution in [3.05, 3.63) is 24.0 Å². The maximum Gasteiger partial charge on any atom is 0.0107 e. The number of hydrogen-bond donors (Lipinski definition) is 2. The molecule has 3 nitrogen and oxygen atoms in total. The largest absolute Gasteiger partial charge is 0.367 e. The summed E-state index contributed by atoms with van der Waals surface area (Å²) in [4.78, 5) is 5.68. The van der Waals surface area contributed by atoms with Gasteiger partial charge in [0.1, 0.15) is 0 Å². The van der Waals surface area contributed by atoms with E-state index in [0.717, 1.165) is 13.1 Å². The number of aromatic amines is 1. The molecule has 1 fully saturated rings. The third-order valence-electron chi connectivity index (χ3n) is 3.28. The second kappa shape index (κ2) is 5.33. The maximum atomic E-state index is 3.38. The molecule has 2 rings (SSSR count). The fourth-order valence-corrected chi connectivity index (χ4v) is 2.12. The molecule has 1 aliphatic heterocycles. The molecule has 2 N–H and O–H groups in total. The summed E-state index contributed by atoms with van der Waals surface area (Å²) < 4.78 is 0. The minimum absolute atomic E-state index is 0.672. The Morgan fingerprint density at radius 3 is 2.87 bits per heavy atom. The zero-order valence-electron chi connectivity index (χ0n) is 9.50. The van der Waals surface area contributed by atoms with Gasteiger partial charge in [-0.3, -0.25) is 0 Å². The monoisotopic (exact) mass is 207 g/mol. The van der Waals surface area contributed by atoms with Crippen LogP contribution >= 0.6 is 0 Å². The number of rotatable bonds is 4. The van der Waals surface area contributed by atoms with E-state index < -0.39 is 0 Å². The van der Waals surface area contributed by atoms with Crippen LogP contribution in [0.25, 0.3) is 0 Å². The van der Waals surface area contributed by atoms with Crippen LogP contribution < -0.4 is 5.32 Å². The van der Waals surface area contributed by atoms with E-state index >= 15 is 0 Å². The first kappa shape index (κ1) is 10.7. The van der Waals surface area contributed by atoms with Gasteiger partial charge in [0, 0.05) is 38.6 Å². The van der Waals surface area contributed by atoms with Crippen molar-refractivity contribution in [2.75, 3.05) is 32.7 Å². The highest BCUT2D eigenvalue weighted by Crippen LogP contribution is 2.18. The predicted octanol–water partition coefficient (Wildman–Crippen LogP) is 1.41. The molecular weight excluding hydrogens is 186 g/mol. The van der Waals surface area contributed by atoms with Crippen molar-refractivity contribution in [2.45, 2.75) is 19.3 Å². The van der Waals surface area contributed by atoms with Crippen LogP contribution in [-0.4, -0.2) is 42.6 Å². The Morgan fingerprint density at radius 2 is 2.20 bits per heavy atom. The lowest BCUT2D eigenvalue weighted by Gasteiger charge is -2.28. The third-order valence-corrected chi connectivity index (χ3v) is 3.28. The van der Waals surface area contributed by atoms with Gasteiger partial charge in [0.05, 0.1) is 0 Å². The van der Waals surface area contributed by atoms with E-state index in [9.17, 15) is 0 Å². The van der Waals surface area contributed by atoms with E-state index in [1.165, 1.54) is 31.6 Å². The van der Waals surface area contributed by atoms with Crippen LogP contribution in [0.1, 0.15) is 24.8 Å². The standard InChI is InChI=1S/C12H21N3/c1-11(12-2-4-14-10-12)3-7-15-8-5-13-6-9-15/h2,4,10-11,13-14H,3,5-9H2,1H3. The molecule has 84 valence electrons. The van der Waals surface area contributed by atoms with Crippen LogP contribution in [0.5, 0.6) is 0 Å². The lowest BCUT2D eigenvalue weighted by molar-refractivity contribution is 0.234. The Labute approximate surface area is 91.9 Å². The lowest BCUT2D eigenvalue weighted by atomic mass is 10.0. The van der Waals surface area contributed by atoms with Gasteiger partial charge in [0.25, 0.3) is 0 Å². The molecule has 0 bridgehead atoms. The normalized spacial score (nSPS) is 20.3. The molecule has 1 aromatic rings. The molecular formula is C12H21N3. The molecule has 1 atom stereocenters. The van der Waals surface area contributed by atoms with Gasteiger partial charge in [-0.25, -0.2) is 0 Å². The second-order valence-electron chi connectivity index (χ2n) is 4.43. The van der Waals surface area contributed by atoms with E-state index in [0.29, 0.717) is 5.92 Å². The molecule has 2 heterocycles. The summed E-state index contributed by atoms with van der Waals surface area (Å²) in [6, 6.07) is 2.18. The van der Waals surface area contributed by atoms with Gasteiger partial charge in [0.15, 0.2) is 0 Å². The first-order chi connectivity index (χ1) is 7.36. The highest BCUT2D eigenvalue weighted by atomic mass is 15.2. The number of hydrogen-bond acceptors (Lipinski definition) is 2. The van der Waals surface area contributed by atoms with Gasteiger partial charge in [-0.05, 0) is 30.5 Å². The Bertz CT molecular complexity index is 262. The second-order valence-corrected chi connectivity index (χ2v) is 4.43. The van der Waals surface area contributed by atoms with Crippen molar-refractivity contribution >= 4 is 0 Å². The smallest absolute Gasteiger partial charge is 0.0107 e. The van der Waals surface area contributed by atoms with Crippen molar-refractivity contribution in [1.29, 1.82) is 0 Å². The van der Waals surface area contributed by atoms with Gasteiger partial charge in [-0.15, -0.1) is 0 Å². The molecule has 15 heavy (non-hydrogen) atoms. The summed E-state index contributed by atoms with van der Waals surface area (Å²) in [6.07, 6.45) is 5.39. The maximum absolute atomic E-state index is 3.38. The Kier molecular flexibility index (Phi) is 3.80. The summed E-state index contributed by atoms with van der Waals surface area (Å²) in [5.41, 5.74) is 1.44. The molecule has 0 aliphatic carbocycles. The highest BCUT2D eigenvalue weighted by molar-refractivity contribution is 5.13. The fourth-order valence-electron chi connectivity index (χ4n) is 2.12. The van der Waals surface area contributed by atoms with E-state index in [4.69, 9.17) is 0 Å². The van der Waals surface area contributed by atoms with Crippen LogP contribution in [-0.2, 0) is 0 Å². The molecule has 3 heteroatoms. The number of piperazine rings is 1. The molecule has 0 saturated carbocycles. The van der Waals surface area contributed by atoms with Gasteiger partial charge in [-0.2, -0.15) is 0 Å². The first-order valence-corrected chi connectivity index (χ1v) is 5.92. The SMILES string of the molecule is CC(CCN1CCNCC1)c1cc[nH]c1. The minimum atomic E-state index is 0.672. The summed E-state index contributed by atoms with van der Waals surface area (Å²) in [5.74, 6) is 0.672. The third kappa shape index (κ3) is 3.08. The number of H-pyrrole nitrogens is 1. The Morgan fingerprint density at radius 1 is 1.40 bits per heavy atom. The molecule has 1 saturated heterocycles. The van der Waals surface area contributed by atoms with Crippen LogP contribution in [0.4, 0.5) is 0 Å². The summed E-state index contributed by atoms with van der Waals surface area (Å²) in [7, 11) is 0. The van der Waals surface area contributed by atoms with Crippen LogP contribution in [0, 0.1) is 0 Å². The topological polar surface area (TPSA) is 31.1 Å². The van der Waals surface area contributed by atoms with Gasteiger partial charge in [-0.1, -0.05) is 6.92 Å². The fraction of sp³-hybridized carbons (Fsp3) is 0.667. The van der Waals surface area contributed by atoms with Crippen LogP contribution in [0.2, 0.25) is 0 Å². The van der Waals surface area contributed by atoms with Gasteiger partial charge < -0.3 is 15.2 Å². The van der Waals surface area contributed by atoms with Crippen LogP contribution in [0.3, 0.4) is 0 Å². The minimum Gasteiger partial charge on any atom is -0.367 e. The van der Waals surface area contributed by atoms with E-state index in [1.54, 1.807) is 0 Å². The lowest BCUT2D eigenvalue weighted by Crippen LogP contribution is -2.43. The van der Waals surface area contributed by atoms with Crippen molar-refractivity contribution in [1.82, 2.24) is 15.2 Å². The number of aromatic nitrogens is 1. The molecule has 1 unspecified atom stereocenters. The molecule has 0 radical (unpaired) electrons. The zero-order chi connectivity index (χ0) is 10.5. The van der Waals surface area contributed by atoms with Crippen molar-refractivity contribution in [3.63, 3.8) is 0 Å². The van der Waals surface area contributed by atoms with Crippen molar-refractivity contribution in [2.24, 2.45) is 0 Å². The molecule has 0 aromatic carbocycles. The predicted molar refractivity (Wildman–Crippen MR) is 63.1 cm³/mol. The van der Waals surface area contributed by atoms with Gasteiger partial charge in [0.2, 0.25) is 0 Å². The highest BCUT2D eigenvalue weighted by Gasteiger charge is 2.11. The zero-order valence-corrected chi connectivity index (χ0v) is 9.50. The number of nitrogens with zero attached hydrogens (tertiary/aromatic N) is 1. The average Bonchev–Trinajstić information content (AvgIpc) is 2.81. The average molecular weight is 207 g/mol. The first-order valence-electron chi connectivity index (χ1n) is 5.92. The van der Waals surface area contributed by atoms with E-state index in [2.05, 4.69) is 34.4 Å². The Balaban J connectivity index is 1.73. The Hall–Kier alpha value is -0.800. The van der Waals surface area contributed by atoms with Crippen molar-refractivity contribution < 1.29 is 0 Å².